The van der Waals surface area contributed by atoms with Gasteiger partial charge in [0.05, 0.1) is 6.42 Å². The monoisotopic (exact) mass is 488 g/mol. The number of likely N-dealkylation sites (N-methyl/N-ethyl adjacent to an activating group) is 1. The van der Waals surface area contributed by atoms with Gasteiger partial charge in [-0.3, -0.25) is 33.4 Å². The number of hydrogen-bond donors (Lipinski definition) is 4. The molecular weight excluding hydrogens is 451 g/mol. The van der Waals surface area contributed by atoms with E-state index in [0.717, 1.165) is 0 Å². The van der Waals surface area contributed by atoms with Gasteiger partial charge in [0.15, 0.2) is 0 Å². The second kappa shape index (κ2) is 12.3. The van der Waals surface area contributed by atoms with Crippen LogP contribution in [0.25, 0.3) is 0 Å². The molecule has 1 aliphatic heterocycles. The first-order valence-corrected chi connectivity index (χ1v) is 13.1. The van der Waals surface area contributed by atoms with Gasteiger partial charge in [0.1, 0.15) is 18.4 Å². The number of nitrogens with zero attached hydrogens (tertiary/aromatic N) is 1. The number of carbonyl (C=O) groups excluding carboxylic acids is 5. The maximum atomic E-state index is 13.0. The van der Waals surface area contributed by atoms with Crippen LogP contribution < -0.4 is 16.0 Å². The van der Waals surface area contributed by atoms with E-state index in [4.69, 9.17) is 0 Å². The van der Waals surface area contributed by atoms with Crippen LogP contribution in [0.1, 0.15) is 53.9 Å². The Hall–Kier alpha value is -2.26. The van der Waals surface area contributed by atoms with Crippen molar-refractivity contribution in [1.29, 1.82) is 0 Å². The minimum Gasteiger partial charge on any atom is -0.357 e. The van der Waals surface area contributed by atoms with E-state index in [1.807, 2.05) is 27.7 Å². The van der Waals surface area contributed by atoms with Crippen molar-refractivity contribution in [3.05, 3.63) is 0 Å². The molecule has 0 aromatic carbocycles. The third-order valence-corrected chi connectivity index (χ3v) is 6.94. The number of hydrogen-bond acceptors (Lipinski definition) is 6. The van der Waals surface area contributed by atoms with Gasteiger partial charge in [-0.2, -0.15) is 0 Å². The van der Waals surface area contributed by atoms with E-state index in [9.17, 15) is 33.4 Å². The largest absolute Gasteiger partial charge is 0.357 e. The van der Waals surface area contributed by atoms with E-state index in [1.165, 1.54) is 14.0 Å². The standard InChI is InChI=1S/C21H37N4O7P/c1-12(2)7-15(19(28)24-16(8-13(3)4)20(29)22-6)10-33(31,32)11-25-18(27)9-17(21(25)30)23-14(5)26/h12-13,15-17H,7-11H2,1-6H3,(H,22,29)(H,23,26)(H,24,28)(H,31,32)/t15?,16-,17+/m0/s1. The Morgan fingerprint density at radius 3 is 2.15 bits per heavy atom. The number of carbonyl (C=O) groups is 5. The van der Waals surface area contributed by atoms with Gasteiger partial charge in [0.2, 0.25) is 31.0 Å². The highest BCUT2D eigenvalue weighted by atomic mass is 31.2. The smallest absolute Gasteiger partial charge is 0.252 e. The third kappa shape index (κ3) is 9.25. The van der Waals surface area contributed by atoms with Crippen molar-refractivity contribution in [1.82, 2.24) is 20.9 Å². The van der Waals surface area contributed by atoms with Gasteiger partial charge < -0.3 is 20.8 Å². The summed E-state index contributed by atoms with van der Waals surface area (Å²) in [6.45, 7) is 8.75. The fourth-order valence-electron chi connectivity index (χ4n) is 3.81. The quantitative estimate of drug-likeness (QED) is 0.228. The summed E-state index contributed by atoms with van der Waals surface area (Å²) >= 11 is 0. The highest BCUT2D eigenvalue weighted by molar-refractivity contribution is 7.58. The topological polar surface area (TPSA) is 162 Å². The predicted molar refractivity (Wildman–Crippen MR) is 122 cm³/mol. The highest BCUT2D eigenvalue weighted by Crippen LogP contribution is 2.45. The molecule has 1 fully saturated rings. The van der Waals surface area contributed by atoms with Crippen LogP contribution in [0.2, 0.25) is 0 Å². The maximum absolute atomic E-state index is 13.0. The van der Waals surface area contributed by atoms with Gasteiger partial charge in [0, 0.05) is 26.1 Å². The highest BCUT2D eigenvalue weighted by Gasteiger charge is 2.43. The summed E-state index contributed by atoms with van der Waals surface area (Å²) in [5.74, 6) is -3.52. The van der Waals surface area contributed by atoms with E-state index < -0.39 is 61.4 Å². The van der Waals surface area contributed by atoms with Gasteiger partial charge >= 0.3 is 0 Å². The molecule has 33 heavy (non-hydrogen) atoms. The molecule has 5 amide bonds. The van der Waals surface area contributed by atoms with Crippen LogP contribution >= 0.6 is 7.37 Å². The van der Waals surface area contributed by atoms with Crippen molar-refractivity contribution in [3.8, 4) is 0 Å². The molecule has 0 aliphatic carbocycles. The summed E-state index contributed by atoms with van der Waals surface area (Å²) in [4.78, 5) is 72.3. The zero-order valence-electron chi connectivity index (χ0n) is 20.2. The molecule has 4 atom stereocenters. The SMILES string of the molecule is CNC(=O)[C@H](CC(C)C)NC(=O)C(CC(C)C)CP(=O)(O)CN1C(=O)C[C@@H](NC(C)=O)C1=O. The third-order valence-electron chi connectivity index (χ3n) is 5.20. The van der Waals surface area contributed by atoms with Crippen LogP contribution in [0.3, 0.4) is 0 Å². The van der Waals surface area contributed by atoms with Crippen molar-refractivity contribution in [2.75, 3.05) is 19.5 Å². The first kappa shape index (κ1) is 28.8. The number of amides is 5. The average Bonchev–Trinajstić information content (AvgIpc) is 2.91. The molecule has 0 saturated carbocycles. The summed E-state index contributed by atoms with van der Waals surface area (Å²) in [5, 5.41) is 7.55. The zero-order chi connectivity index (χ0) is 25.5. The van der Waals surface area contributed by atoms with E-state index in [2.05, 4.69) is 16.0 Å². The Morgan fingerprint density at radius 2 is 1.67 bits per heavy atom. The molecule has 12 heteroatoms. The van der Waals surface area contributed by atoms with Gasteiger partial charge in [-0.05, 0) is 24.7 Å². The predicted octanol–water partition coefficient (Wildman–Crippen LogP) is 0.417. The van der Waals surface area contributed by atoms with Crippen LogP contribution in [0.15, 0.2) is 0 Å². The molecule has 1 aliphatic rings. The van der Waals surface area contributed by atoms with Gasteiger partial charge in [-0.25, -0.2) is 0 Å². The van der Waals surface area contributed by atoms with Crippen molar-refractivity contribution in [3.63, 3.8) is 0 Å². The van der Waals surface area contributed by atoms with Crippen molar-refractivity contribution < 1.29 is 33.4 Å². The summed E-state index contributed by atoms with van der Waals surface area (Å²) in [7, 11) is -2.67. The van der Waals surface area contributed by atoms with E-state index in [0.29, 0.717) is 11.3 Å². The molecule has 0 bridgehead atoms. The number of imide groups is 1. The summed E-state index contributed by atoms with van der Waals surface area (Å²) in [5.41, 5.74) is 0. The number of likely N-dealkylation sites (tertiary alicyclic amines) is 1. The van der Waals surface area contributed by atoms with E-state index in [1.54, 1.807) is 0 Å². The molecule has 1 rings (SSSR count). The minimum atomic E-state index is -4.13. The molecule has 1 heterocycles. The average molecular weight is 489 g/mol. The second-order valence-electron chi connectivity index (χ2n) is 9.42. The number of nitrogens with one attached hydrogen (secondary N) is 3. The Morgan fingerprint density at radius 1 is 1.09 bits per heavy atom. The van der Waals surface area contributed by atoms with E-state index in [-0.39, 0.29) is 30.6 Å². The summed E-state index contributed by atoms with van der Waals surface area (Å²) < 4.78 is 13.0. The molecule has 0 aromatic heterocycles. The van der Waals surface area contributed by atoms with Crippen molar-refractivity contribution in [2.24, 2.45) is 17.8 Å². The lowest BCUT2D eigenvalue weighted by molar-refractivity contribution is -0.138. The zero-order valence-corrected chi connectivity index (χ0v) is 21.1. The Bertz CT molecular complexity index is 814. The Balaban J connectivity index is 2.97. The Kier molecular flexibility index (Phi) is 10.7. The fraction of sp³-hybridized carbons (Fsp3) is 0.762. The van der Waals surface area contributed by atoms with Gasteiger partial charge in [-0.1, -0.05) is 27.7 Å². The molecule has 11 nitrogen and oxygen atoms in total. The van der Waals surface area contributed by atoms with Crippen LogP contribution in [-0.4, -0.2) is 70.9 Å². The maximum Gasteiger partial charge on any atom is 0.252 e. The summed E-state index contributed by atoms with van der Waals surface area (Å²) in [6.07, 6.45) is -0.765. The van der Waals surface area contributed by atoms with Crippen LogP contribution in [-0.2, 0) is 28.5 Å². The number of rotatable bonds is 12. The van der Waals surface area contributed by atoms with E-state index >= 15 is 0 Å². The van der Waals surface area contributed by atoms with Gasteiger partial charge in [0.25, 0.3) is 5.91 Å². The molecule has 0 spiro atoms. The Labute approximate surface area is 194 Å². The molecule has 4 N–H and O–H groups in total. The van der Waals surface area contributed by atoms with Crippen LogP contribution in [0.5, 0.6) is 0 Å². The lowest BCUT2D eigenvalue weighted by Gasteiger charge is -2.26. The summed E-state index contributed by atoms with van der Waals surface area (Å²) in [6, 6.07) is -1.84. The van der Waals surface area contributed by atoms with Crippen molar-refractivity contribution >= 4 is 36.9 Å². The molecule has 0 aromatic rings. The van der Waals surface area contributed by atoms with Crippen LogP contribution in [0.4, 0.5) is 0 Å². The molecule has 188 valence electrons. The normalized spacial score (nSPS) is 19.9. The lowest BCUT2D eigenvalue weighted by atomic mass is 9.96. The molecule has 0 radical (unpaired) electrons. The minimum absolute atomic E-state index is 0.0171. The molecular formula is C21H37N4O7P. The lowest BCUT2D eigenvalue weighted by Crippen LogP contribution is -2.49. The first-order valence-electron chi connectivity index (χ1n) is 11.1. The second-order valence-corrected chi connectivity index (χ2v) is 11.8. The molecule has 2 unspecified atom stereocenters. The van der Waals surface area contributed by atoms with Crippen molar-refractivity contribution in [2.45, 2.75) is 66.0 Å². The molecule has 1 saturated heterocycles. The van der Waals surface area contributed by atoms with Crippen LogP contribution in [0, 0.1) is 17.8 Å². The first-order chi connectivity index (χ1) is 15.2. The van der Waals surface area contributed by atoms with Gasteiger partial charge in [-0.15, -0.1) is 0 Å². The fourth-order valence-corrected chi connectivity index (χ4v) is 5.67.